The molecule has 0 spiro atoms. The van der Waals surface area contributed by atoms with Crippen LogP contribution in [0.25, 0.3) is 0 Å². The van der Waals surface area contributed by atoms with Gasteiger partial charge in [-0.15, -0.1) is 0 Å². The highest BCUT2D eigenvalue weighted by Gasteiger charge is 2.25. The Morgan fingerprint density at radius 2 is 1.91 bits per heavy atom. The Morgan fingerprint density at radius 1 is 1.27 bits per heavy atom. The molecular weight excluding hydrogens is 288 g/mol. The van der Waals surface area contributed by atoms with Gasteiger partial charge in [0.15, 0.2) is 6.04 Å². The van der Waals surface area contributed by atoms with E-state index in [0.29, 0.717) is 5.56 Å². The minimum atomic E-state index is -1.06. The number of hydrogen-bond donors (Lipinski definition) is 3. The minimum absolute atomic E-state index is 0.0133. The minimum Gasteiger partial charge on any atom is -0.508 e. The van der Waals surface area contributed by atoms with Gasteiger partial charge in [0.1, 0.15) is 11.6 Å². The fraction of sp³-hybridized carbons (Fsp3) is 0.143. The number of rotatable bonds is 3. The second-order valence-corrected chi connectivity index (χ2v) is 4.49. The van der Waals surface area contributed by atoms with E-state index in [1.807, 2.05) is 11.1 Å². The van der Waals surface area contributed by atoms with Gasteiger partial charge in [-0.3, -0.25) is 24.5 Å². The summed E-state index contributed by atoms with van der Waals surface area (Å²) in [5.74, 6) is -0.596. The fourth-order valence-electron chi connectivity index (χ4n) is 2.01. The molecule has 0 aliphatic rings. The number of anilines is 1. The van der Waals surface area contributed by atoms with Gasteiger partial charge in [0.2, 0.25) is 5.91 Å². The van der Waals surface area contributed by atoms with Crippen LogP contribution in [-0.2, 0) is 4.79 Å². The van der Waals surface area contributed by atoms with Gasteiger partial charge in [0.25, 0.3) is 5.56 Å². The quantitative estimate of drug-likeness (QED) is 0.754. The number of nitrogens with zero attached hydrogens (tertiary/aromatic N) is 2. The number of H-pyrrole nitrogens is 2. The molecule has 3 N–H and O–H groups in total. The van der Waals surface area contributed by atoms with Gasteiger partial charge in [-0.1, -0.05) is 12.1 Å². The van der Waals surface area contributed by atoms with Gasteiger partial charge < -0.3 is 5.11 Å². The lowest BCUT2D eigenvalue weighted by Crippen LogP contribution is -2.36. The summed E-state index contributed by atoms with van der Waals surface area (Å²) in [6.07, 6.45) is 0. The van der Waals surface area contributed by atoms with Crippen molar-refractivity contribution in [3.8, 4) is 11.8 Å². The van der Waals surface area contributed by atoms with Crippen LogP contribution in [0.5, 0.6) is 5.75 Å². The van der Waals surface area contributed by atoms with Crippen LogP contribution in [0.4, 0.5) is 5.82 Å². The van der Waals surface area contributed by atoms with Crippen molar-refractivity contribution in [3.63, 3.8) is 0 Å². The molecule has 1 heterocycles. The molecule has 112 valence electrons. The number of amides is 1. The second-order valence-electron chi connectivity index (χ2n) is 4.49. The van der Waals surface area contributed by atoms with E-state index in [4.69, 9.17) is 0 Å². The van der Waals surface area contributed by atoms with Crippen molar-refractivity contribution in [3.05, 3.63) is 56.7 Å². The Bertz CT molecular complexity index is 816. The van der Waals surface area contributed by atoms with E-state index in [0.717, 1.165) is 11.0 Å². The van der Waals surface area contributed by atoms with Crippen molar-refractivity contribution in [2.75, 3.05) is 4.90 Å². The van der Waals surface area contributed by atoms with Crippen LogP contribution < -0.4 is 16.1 Å². The highest BCUT2D eigenvalue weighted by molar-refractivity contribution is 5.91. The third kappa shape index (κ3) is 3.04. The maximum atomic E-state index is 11.9. The number of aromatic nitrogens is 2. The highest BCUT2D eigenvalue weighted by Crippen LogP contribution is 2.25. The number of aromatic hydroxyl groups is 1. The monoisotopic (exact) mass is 300 g/mol. The highest BCUT2D eigenvalue weighted by atomic mass is 16.3. The third-order valence-electron chi connectivity index (χ3n) is 2.93. The molecule has 0 bridgehead atoms. The Morgan fingerprint density at radius 3 is 2.41 bits per heavy atom. The van der Waals surface area contributed by atoms with Crippen molar-refractivity contribution < 1.29 is 9.90 Å². The van der Waals surface area contributed by atoms with Gasteiger partial charge in [-0.25, -0.2) is 4.79 Å². The van der Waals surface area contributed by atoms with E-state index in [1.165, 1.54) is 31.2 Å². The maximum Gasteiger partial charge on any atom is 0.327 e. The lowest BCUT2D eigenvalue weighted by Gasteiger charge is -2.25. The summed E-state index contributed by atoms with van der Waals surface area (Å²) in [6.45, 7) is 1.21. The van der Waals surface area contributed by atoms with Crippen molar-refractivity contribution >= 4 is 11.7 Å². The van der Waals surface area contributed by atoms with Gasteiger partial charge in [0.05, 0.1) is 6.07 Å². The smallest absolute Gasteiger partial charge is 0.327 e. The van der Waals surface area contributed by atoms with Crippen LogP contribution in [0.1, 0.15) is 18.5 Å². The van der Waals surface area contributed by atoms with Gasteiger partial charge in [-0.05, 0) is 17.7 Å². The molecule has 2 aromatic rings. The average Bonchev–Trinajstić information content (AvgIpc) is 2.44. The maximum absolute atomic E-state index is 11.9. The number of benzene rings is 1. The molecule has 22 heavy (non-hydrogen) atoms. The Kier molecular flexibility index (Phi) is 4.08. The molecule has 2 rings (SSSR count). The lowest BCUT2D eigenvalue weighted by atomic mass is 10.1. The number of carbonyl (C=O) groups excluding carboxylic acids is 1. The SMILES string of the molecule is CC(=O)N(c1cc(=O)[nH]c(=O)[nH]1)C(C#N)c1ccc(O)cc1. The number of hydrogen-bond acceptors (Lipinski definition) is 5. The topological polar surface area (TPSA) is 130 Å². The van der Waals surface area contributed by atoms with Crippen molar-refractivity contribution in [1.29, 1.82) is 5.26 Å². The van der Waals surface area contributed by atoms with E-state index >= 15 is 0 Å². The standard InChI is InChI=1S/C14H12N4O4/c1-8(19)18(12-6-13(21)17-14(22)16-12)11(7-15)9-2-4-10(20)5-3-9/h2-6,11,20H,1H3,(H2,16,17,21,22). The van der Waals surface area contributed by atoms with Crippen molar-refractivity contribution in [2.45, 2.75) is 13.0 Å². The Labute approximate surface area is 124 Å². The number of aromatic amines is 2. The first-order valence-electron chi connectivity index (χ1n) is 6.24. The van der Waals surface area contributed by atoms with Crippen LogP contribution in [-0.4, -0.2) is 21.0 Å². The summed E-state index contributed by atoms with van der Waals surface area (Å²) < 4.78 is 0. The lowest BCUT2D eigenvalue weighted by molar-refractivity contribution is -0.116. The zero-order valence-corrected chi connectivity index (χ0v) is 11.5. The first-order valence-corrected chi connectivity index (χ1v) is 6.24. The molecule has 0 aliphatic heterocycles. The Hall–Kier alpha value is -3.34. The van der Waals surface area contributed by atoms with Crippen LogP contribution >= 0.6 is 0 Å². The van der Waals surface area contributed by atoms with Crippen LogP contribution in [0.2, 0.25) is 0 Å². The second kappa shape index (κ2) is 5.97. The van der Waals surface area contributed by atoms with Crippen LogP contribution in [0.15, 0.2) is 39.9 Å². The van der Waals surface area contributed by atoms with E-state index in [9.17, 15) is 24.8 Å². The predicted octanol–water partition coefficient (Wildman–Crippen LogP) is 0.387. The first kappa shape index (κ1) is 15.1. The molecule has 0 fully saturated rings. The molecule has 0 saturated heterocycles. The number of phenolic OH excluding ortho intramolecular Hbond substituents is 1. The normalized spacial score (nSPS) is 11.5. The summed E-state index contributed by atoms with van der Waals surface area (Å²) in [4.78, 5) is 40.0. The number of phenols is 1. The Balaban J connectivity index is 2.56. The van der Waals surface area contributed by atoms with Gasteiger partial charge >= 0.3 is 5.69 Å². The zero-order valence-electron chi connectivity index (χ0n) is 11.5. The molecule has 0 radical (unpaired) electrons. The fourth-order valence-corrected chi connectivity index (χ4v) is 2.01. The summed E-state index contributed by atoms with van der Waals surface area (Å²) in [6, 6.07) is 7.61. The van der Waals surface area contributed by atoms with Crippen LogP contribution in [0.3, 0.4) is 0 Å². The predicted molar refractivity (Wildman–Crippen MR) is 77.3 cm³/mol. The van der Waals surface area contributed by atoms with Crippen molar-refractivity contribution in [2.24, 2.45) is 0 Å². The van der Waals surface area contributed by atoms with E-state index in [-0.39, 0.29) is 11.6 Å². The number of nitriles is 1. The van der Waals surface area contributed by atoms with Gasteiger partial charge in [0, 0.05) is 13.0 Å². The molecule has 1 aromatic carbocycles. The zero-order chi connectivity index (χ0) is 16.3. The third-order valence-corrected chi connectivity index (χ3v) is 2.93. The molecule has 8 heteroatoms. The molecule has 1 unspecified atom stereocenters. The van der Waals surface area contributed by atoms with Crippen molar-refractivity contribution in [1.82, 2.24) is 9.97 Å². The number of carbonyl (C=O) groups is 1. The van der Waals surface area contributed by atoms with E-state index in [2.05, 4.69) is 4.98 Å². The molecular formula is C14H12N4O4. The largest absolute Gasteiger partial charge is 0.508 e. The molecule has 1 amide bonds. The van der Waals surface area contributed by atoms with E-state index < -0.39 is 23.2 Å². The molecule has 0 aliphatic carbocycles. The molecule has 0 saturated carbocycles. The molecule has 1 aromatic heterocycles. The molecule has 1 atom stereocenters. The summed E-state index contributed by atoms with van der Waals surface area (Å²) >= 11 is 0. The first-order chi connectivity index (χ1) is 10.4. The van der Waals surface area contributed by atoms with Crippen LogP contribution in [0, 0.1) is 11.3 Å². The average molecular weight is 300 g/mol. The van der Waals surface area contributed by atoms with E-state index in [1.54, 1.807) is 0 Å². The van der Waals surface area contributed by atoms with Gasteiger partial charge in [-0.2, -0.15) is 5.26 Å². The summed E-state index contributed by atoms with van der Waals surface area (Å²) in [5.41, 5.74) is -1.04. The molecule has 8 nitrogen and oxygen atoms in total. The number of nitrogens with one attached hydrogen (secondary N) is 2. The summed E-state index contributed by atoms with van der Waals surface area (Å²) in [7, 11) is 0. The summed E-state index contributed by atoms with van der Waals surface area (Å²) in [5, 5.41) is 18.7.